The van der Waals surface area contributed by atoms with E-state index in [2.05, 4.69) is 10.6 Å². The highest BCUT2D eigenvalue weighted by Gasteiger charge is 2.19. The lowest BCUT2D eigenvalue weighted by Crippen LogP contribution is -2.32. The number of carbonyl (C=O) groups excluding carboxylic acids is 2. The Bertz CT molecular complexity index is 1020. The third-order valence-corrected chi connectivity index (χ3v) is 4.87. The second-order valence-electron chi connectivity index (χ2n) is 6.96. The fraction of sp³-hybridized carbons (Fsp3) is 0.167. The van der Waals surface area contributed by atoms with Crippen molar-refractivity contribution >= 4 is 46.4 Å². The zero-order valence-electron chi connectivity index (χ0n) is 17.5. The van der Waals surface area contributed by atoms with Crippen LogP contribution in [0.3, 0.4) is 0 Å². The van der Waals surface area contributed by atoms with Crippen molar-refractivity contribution in [3.63, 3.8) is 0 Å². The number of para-hydroxylation sites is 2. The van der Waals surface area contributed by atoms with E-state index in [1.165, 1.54) is 0 Å². The van der Waals surface area contributed by atoms with E-state index in [1.54, 1.807) is 86.6 Å². The predicted octanol–water partition coefficient (Wildman–Crippen LogP) is 5.81. The van der Waals surface area contributed by atoms with Crippen molar-refractivity contribution in [2.24, 2.45) is 0 Å². The van der Waals surface area contributed by atoms with E-state index in [-0.39, 0.29) is 11.8 Å². The standard InChI is InChI=1S/C24H22Cl2N2O4/c1-15(31-19-9-5-7-17(25)13-19)23(29)27-21-11-3-4-12-22(21)28-24(30)16(2)32-20-10-6-8-18(26)14-20/h3-16H,1-2H3,(H,27,29)(H,28,30). The molecule has 2 amide bonds. The van der Waals surface area contributed by atoms with Crippen LogP contribution < -0.4 is 20.1 Å². The molecule has 0 heterocycles. The molecule has 8 heteroatoms. The number of hydrogen-bond acceptors (Lipinski definition) is 4. The molecule has 0 saturated carbocycles. The minimum atomic E-state index is -0.790. The molecule has 0 aliphatic carbocycles. The minimum Gasteiger partial charge on any atom is -0.481 e. The van der Waals surface area contributed by atoms with E-state index < -0.39 is 12.2 Å². The number of amides is 2. The molecule has 6 nitrogen and oxygen atoms in total. The molecule has 0 aliphatic rings. The molecule has 2 N–H and O–H groups in total. The van der Waals surface area contributed by atoms with E-state index in [4.69, 9.17) is 32.7 Å². The number of ether oxygens (including phenoxy) is 2. The maximum atomic E-state index is 12.6. The van der Waals surface area contributed by atoms with E-state index in [1.807, 2.05) is 0 Å². The van der Waals surface area contributed by atoms with Gasteiger partial charge < -0.3 is 20.1 Å². The molecule has 2 atom stereocenters. The average molecular weight is 473 g/mol. The molecule has 0 spiro atoms. The fourth-order valence-electron chi connectivity index (χ4n) is 2.77. The molecule has 0 aromatic heterocycles. The van der Waals surface area contributed by atoms with Gasteiger partial charge in [0.15, 0.2) is 12.2 Å². The Hall–Kier alpha value is -3.22. The van der Waals surface area contributed by atoms with Crippen molar-refractivity contribution in [1.82, 2.24) is 0 Å². The summed E-state index contributed by atoms with van der Waals surface area (Å²) in [6, 6.07) is 20.4. The summed E-state index contributed by atoms with van der Waals surface area (Å²) in [6.45, 7) is 3.25. The second-order valence-corrected chi connectivity index (χ2v) is 7.83. The number of halogens is 2. The summed E-state index contributed by atoms with van der Waals surface area (Å²) in [6.07, 6.45) is -1.58. The Morgan fingerprint density at radius 1 is 0.688 bits per heavy atom. The first-order chi connectivity index (χ1) is 15.3. The maximum Gasteiger partial charge on any atom is 0.265 e. The van der Waals surface area contributed by atoms with Crippen LogP contribution in [-0.4, -0.2) is 24.0 Å². The SMILES string of the molecule is CC(Oc1cccc(Cl)c1)C(=O)Nc1ccccc1NC(=O)C(C)Oc1cccc(Cl)c1. The van der Waals surface area contributed by atoms with Crippen molar-refractivity contribution in [3.05, 3.63) is 82.8 Å². The number of hydrogen-bond donors (Lipinski definition) is 2. The van der Waals surface area contributed by atoms with E-state index in [0.29, 0.717) is 32.9 Å². The molecular formula is C24H22Cl2N2O4. The summed E-state index contributed by atoms with van der Waals surface area (Å²) in [5, 5.41) is 6.58. The van der Waals surface area contributed by atoms with Crippen LogP contribution in [0.25, 0.3) is 0 Å². The van der Waals surface area contributed by atoms with E-state index in [0.717, 1.165) is 0 Å². The fourth-order valence-corrected chi connectivity index (χ4v) is 3.13. The minimum absolute atomic E-state index is 0.380. The molecule has 32 heavy (non-hydrogen) atoms. The van der Waals surface area contributed by atoms with Gasteiger partial charge in [0.25, 0.3) is 11.8 Å². The zero-order chi connectivity index (χ0) is 23.1. The third-order valence-electron chi connectivity index (χ3n) is 4.40. The topological polar surface area (TPSA) is 76.7 Å². The molecule has 166 valence electrons. The van der Waals surface area contributed by atoms with Crippen LogP contribution in [0.15, 0.2) is 72.8 Å². The summed E-state index contributed by atoms with van der Waals surface area (Å²) >= 11 is 11.9. The highest BCUT2D eigenvalue weighted by molar-refractivity contribution is 6.31. The molecule has 0 aliphatic heterocycles. The van der Waals surface area contributed by atoms with Crippen LogP contribution in [0.5, 0.6) is 11.5 Å². The van der Waals surface area contributed by atoms with Gasteiger partial charge in [0.1, 0.15) is 11.5 Å². The largest absolute Gasteiger partial charge is 0.481 e. The first-order valence-electron chi connectivity index (χ1n) is 9.87. The van der Waals surface area contributed by atoms with Crippen LogP contribution in [0.4, 0.5) is 11.4 Å². The van der Waals surface area contributed by atoms with Gasteiger partial charge in [-0.1, -0.05) is 47.5 Å². The zero-order valence-corrected chi connectivity index (χ0v) is 19.0. The summed E-state index contributed by atoms with van der Waals surface area (Å²) in [7, 11) is 0. The molecule has 0 fully saturated rings. The number of benzene rings is 3. The highest BCUT2D eigenvalue weighted by atomic mass is 35.5. The Kier molecular flexibility index (Phi) is 7.98. The van der Waals surface area contributed by atoms with Crippen LogP contribution in [0.2, 0.25) is 10.0 Å². The van der Waals surface area contributed by atoms with E-state index >= 15 is 0 Å². The van der Waals surface area contributed by atoms with Gasteiger partial charge in [0.2, 0.25) is 0 Å². The first kappa shape index (κ1) is 23.4. The van der Waals surface area contributed by atoms with E-state index in [9.17, 15) is 9.59 Å². The Morgan fingerprint density at radius 2 is 1.09 bits per heavy atom. The van der Waals surface area contributed by atoms with Gasteiger partial charge in [-0.05, 0) is 62.4 Å². The van der Waals surface area contributed by atoms with Crippen molar-refractivity contribution in [3.8, 4) is 11.5 Å². The van der Waals surface area contributed by atoms with Gasteiger partial charge in [-0.2, -0.15) is 0 Å². The lowest BCUT2D eigenvalue weighted by atomic mass is 10.2. The molecule has 3 aromatic rings. The molecule has 0 saturated heterocycles. The predicted molar refractivity (Wildman–Crippen MR) is 127 cm³/mol. The highest BCUT2D eigenvalue weighted by Crippen LogP contribution is 2.24. The number of rotatable bonds is 8. The van der Waals surface area contributed by atoms with Crippen molar-refractivity contribution < 1.29 is 19.1 Å². The molecule has 3 rings (SSSR count). The summed E-state index contributed by atoms with van der Waals surface area (Å²) < 4.78 is 11.3. The third kappa shape index (κ3) is 6.64. The maximum absolute atomic E-state index is 12.6. The summed E-state index contributed by atoms with van der Waals surface area (Å²) in [4.78, 5) is 25.3. The Labute approximate surface area is 196 Å². The molecule has 0 bridgehead atoms. The monoisotopic (exact) mass is 472 g/mol. The molecule has 2 unspecified atom stereocenters. The van der Waals surface area contributed by atoms with Gasteiger partial charge >= 0.3 is 0 Å². The van der Waals surface area contributed by atoms with Crippen molar-refractivity contribution in [1.29, 1.82) is 0 Å². The van der Waals surface area contributed by atoms with Crippen molar-refractivity contribution in [2.45, 2.75) is 26.1 Å². The van der Waals surface area contributed by atoms with Gasteiger partial charge in [0, 0.05) is 10.0 Å². The lowest BCUT2D eigenvalue weighted by molar-refractivity contribution is -0.122. The average Bonchev–Trinajstić information content (AvgIpc) is 2.75. The van der Waals surface area contributed by atoms with Gasteiger partial charge in [-0.15, -0.1) is 0 Å². The first-order valence-corrected chi connectivity index (χ1v) is 10.6. The lowest BCUT2D eigenvalue weighted by Gasteiger charge is -2.18. The normalized spacial score (nSPS) is 12.4. The number of nitrogens with one attached hydrogen (secondary N) is 2. The molecule has 3 aromatic carbocycles. The molecular weight excluding hydrogens is 451 g/mol. The number of anilines is 2. The summed E-state index contributed by atoms with van der Waals surface area (Å²) in [5.41, 5.74) is 0.865. The smallest absolute Gasteiger partial charge is 0.265 e. The number of carbonyl (C=O) groups is 2. The summed E-state index contributed by atoms with van der Waals surface area (Å²) in [5.74, 6) is 0.201. The van der Waals surface area contributed by atoms with Gasteiger partial charge in [-0.3, -0.25) is 9.59 Å². The quantitative estimate of drug-likeness (QED) is 0.433. The second kappa shape index (κ2) is 10.9. The molecule has 0 radical (unpaired) electrons. The van der Waals surface area contributed by atoms with Gasteiger partial charge in [-0.25, -0.2) is 0 Å². The van der Waals surface area contributed by atoms with Crippen LogP contribution in [0.1, 0.15) is 13.8 Å². The Balaban J connectivity index is 1.63. The van der Waals surface area contributed by atoms with Crippen LogP contribution >= 0.6 is 23.2 Å². The van der Waals surface area contributed by atoms with Crippen LogP contribution in [0, 0.1) is 0 Å². The van der Waals surface area contributed by atoms with Crippen molar-refractivity contribution in [2.75, 3.05) is 10.6 Å². The Morgan fingerprint density at radius 3 is 1.47 bits per heavy atom. The van der Waals surface area contributed by atoms with Crippen LogP contribution in [-0.2, 0) is 9.59 Å². The van der Waals surface area contributed by atoms with Gasteiger partial charge in [0.05, 0.1) is 11.4 Å².